The molecule has 0 aliphatic heterocycles. The minimum Gasteiger partial charge on any atom is -0.458 e. The monoisotopic (exact) mass is 255 g/mol. The Bertz CT molecular complexity index is 301. The average molecular weight is 255 g/mol. The van der Waals surface area contributed by atoms with Crippen molar-refractivity contribution >= 4 is 11.9 Å². The van der Waals surface area contributed by atoms with Gasteiger partial charge in [-0.2, -0.15) is 0 Å². The summed E-state index contributed by atoms with van der Waals surface area (Å²) in [6.45, 7) is 7.12. The lowest BCUT2D eigenvalue weighted by molar-refractivity contribution is -0.158. The first kappa shape index (κ1) is 15.0. The van der Waals surface area contributed by atoms with Gasteiger partial charge in [0.05, 0.1) is 0 Å². The van der Waals surface area contributed by atoms with Gasteiger partial charge in [0.15, 0.2) is 0 Å². The molecule has 1 N–H and O–H groups in total. The van der Waals surface area contributed by atoms with Gasteiger partial charge >= 0.3 is 5.97 Å². The zero-order valence-electron chi connectivity index (χ0n) is 11.9. The maximum absolute atomic E-state index is 11.8. The standard InChI is InChI=1S/C14H25NO3/c1-10(13(17)18-14(2,3)4)15-12(16)9-11-7-5-6-8-11/h10-11H,5-9H2,1-4H3,(H,15,16)/t10-/m1/s1. The van der Waals surface area contributed by atoms with Crippen molar-refractivity contribution in [2.45, 2.75) is 71.4 Å². The zero-order chi connectivity index (χ0) is 13.8. The van der Waals surface area contributed by atoms with Crippen LogP contribution in [0.1, 0.15) is 59.8 Å². The first-order chi connectivity index (χ1) is 8.28. The number of amides is 1. The topological polar surface area (TPSA) is 55.4 Å². The molecule has 0 heterocycles. The molecule has 1 atom stereocenters. The number of rotatable bonds is 4. The largest absolute Gasteiger partial charge is 0.458 e. The minimum absolute atomic E-state index is 0.0414. The van der Waals surface area contributed by atoms with Gasteiger partial charge in [-0.3, -0.25) is 4.79 Å². The molecule has 0 radical (unpaired) electrons. The highest BCUT2D eigenvalue weighted by molar-refractivity contribution is 5.84. The Morgan fingerprint density at radius 2 is 1.83 bits per heavy atom. The van der Waals surface area contributed by atoms with E-state index < -0.39 is 11.6 Å². The molecular weight excluding hydrogens is 230 g/mol. The van der Waals surface area contributed by atoms with Gasteiger partial charge < -0.3 is 10.1 Å². The van der Waals surface area contributed by atoms with E-state index in [0.717, 1.165) is 12.8 Å². The Kier molecular flexibility index (Phi) is 5.17. The highest BCUT2D eigenvalue weighted by atomic mass is 16.6. The van der Waals surface area contributed by atoms with Crippen LogP contribution in [0.4, 0.5) is 0 Å². The van der Waals surface area contributed by atoms with Crippen LogP contribution in [0, 0.1) is 5.92 Å². The van der Waals surface area contributed by atoms with Crippen molar-refractivity contribution in [2.75, 3.05) is 0 Å². The van der Waals surface area contributed by atoms with Crippen molar-refractivity contribution in [1.82, 2.24) is 5.32 Å². The minimum atomic E-state index is -0.571. The van der Waals surface area contributed by atoms with E-state index in [0.29, 0.717) is 12.3 Å². The number of nitrogens with one attached hydrogen (secondary N) is 1. The highest BCUT2D eigenvalue weighted by Crippen LogP contribution is 2.27. The molecule has 1 fully saturated rings. The number of hydrogen-bond acceptors (Lipinski definition) is 3. The van der Waals surface area contributed by atoms with E-state index in [4.69, 9.17) is 4.74 Å². The number of carbonyl (C=O) groups is 2. The molecule has 0 unspecified atom stereocenters. The van der Waals surface area contributed by atoms with Crippen LogP contribution in [0.5, 0.6) is 0 Å². The summed E-state index contributed by atoms with van der Waals surface area (Å²) in [4.78, 5) is 23.5. The molecule has 0 aromatic rings. The molecule has 104 valence electrons. The number of esters is 1. The molecule has 4 heteroatoms. The van der Waals surface area contributed by atoms with Crippen LogP contribution in [-0.4, -0.2) is 23.5 Å². The smallest absolute Gasteiger partial charge is 0.328 e. The first-order valence-corrected chi connectivity index (χ1v) is 6.80. The summed E-state index contributed by atoms with van der Waals surface area (Å²) in [5.41, 5.74) is -0.512. The van der Waals surface area contributed by atoms with Crippen molar-refractivity contribution in [3.8, 4) is 0 Å². The van der Waals surface area contributed by atoms with Crippen molar-refractivity contribution in [3.05, 3.63) is 0 Å². The summed E-state index contributed by atoms with van der Waals surface area (Å²) in [6.07, 6.45) is 5.24. The van der Waals surface area contributed by atoms with Crippen LogP contribution in [0.15, 0.2) is 0 Å². The molecular formula is C14H25NO3. The third kappa shape index (κ3) is 5.52. The second kappa shape index (κ2) is 6.21. The molecule has 1 rings (SSSR count). The van der Waals surface area contributed by atoms with Gasteiger partial charge in [0, 0.05) is 6.42 Å². The van der Waals surface area contributed by atoms with E-state index >= 15 is 0 Å². The summed E-state index contributed by atoms with van der Waals surface area (Å²) >= 11 is 0. The SMILES string of the molecule is C[C@@H](NC(=O)CC1CCCC1)C(=O)OC(C)(C)C. The molecule has 18 heavy (non-hydrogen) atoms. The molecule has 1 amide bonds. The second-order valence-electron chi connectivity index (χ2n) is 6.18. The Balaban J connectivity index is 2.31. The van der Waals surface area contributed by atoms with Crippen LogP contribution in [0.3, 0.4) is 0 Å². The highest BCUT2D eigenvalue weighted by Gasteiger charge is 2.24. The summed E-state index contributed by atoms with van der Waals surface area (Å²) in [6, 6.07) is -0.571. The molecule has 0 saturated heterocycles. The van der Waals surface area contributed by atoms with Crippen molar-refractivity contribution in [2.24, 2.45) is 5.92 Å². The summed E-state index contributed by atoms with van der Waals surface area (Å²) < 4.78 is 5.22. The molecule has 0 bridgehead atoms. The molecule has 0 spiro atoms. The first-order valence-electron chi connectivity index (χ1n) is 6.80. The van der Waals surface area contributed by atoms with E-state index in [1.165, 1.54) is 12.8 Å². The number of hydrogen-bond donors (Lipinski definition) is 1. The molecule has 1 saturated carbocycles. The molecule has 1 aliphatic rings. The van der Waals surface area contributed by atoms with Gasteiger partial charge in [-0.15, -0.1) is 0 Å². The predicted molar refractivity (Wildman–Crippen MR) is 70.0 cm³/mol. The van der Waals surface area contributed by atoms with Gasteiger partial charge in [0.1, 0.15) is 11.6 Å². The van der Waals surface area contributed by atoms with E-state index in [1.54, 1.807) is 6.92 Å². The summed E-state index contributed by atoms with van der Waals surface area (Å²) in [7, 11) is 0. The summed E-state index contributed by atoms with van der Waals surface area (Å²) in [5.74, 6) is 0.0818. The van der Waals surface area contributed by atoms with Gasteiger partial charge in [-0.25, -0.2) is 4.79 Å². The molecule has 1 aliphatic carbocycles. The maximum atomic E-state index is 11.8. The molecule has 0 aromatic carbocycles. The Labute approximate surface area is 109 Å². The Morgan fingerprint density at radius 1 is 1.28 bits per heavy atom. The second-order valence-corrected chi connectivity index (χ2v) is 6.18. The van der Waals surface area contributed by atoms with Crippen molar-refractivity contribution in [1.29, 1.82) is 0 Å². The van der Waals surface area contributed by atoms with Gasteiger partial charge in [0.2, 0.25) is 5.91 Å². The third-order valence-corrected chi connectivity index (χ3v) is 3.09. The normalized spacial score (nSPS) is 18.4. The Morgan fingerprint density at radius 3 is 2.33 bits per heavy atom. The van der Waals surface area contributed by atoms with Crippen LogP contribution in [0.2, 0.25) is 0 Å². The third-order valence-electron chi connectivity index (χ3n) is 3.09. The lowest BCUT2D eigenvalue weighted by atomic mass is 10.0. The fourth-order valence-electron chi connectivity index (χ4n) is 2.23. The lowest BCUT2D eigenvalue weighted by Gasteiger charge is -2.23. The van der Waals surface area contributed by atoms with Crippen molar-refractivity contribution in [3.63, 3.8) is 0 Å². The fourth-order valence-corrected chi connectivity index (χ4v) is 2.23. The van der Waals surface area contributed by atoms with E-state index in [2.05, 4.69) is 5.32 Å². The predicted octanol–water partition coefficient (Wildman–Crippen LogP) is 2.41. The van der Waals surface area contributed by atoms with Gasteiger partial charge in [0.25, 0.3) is 0 Å². The number of ether oxygens (including phenoxy) is 1. The van der Waals surface area contributed by atoms with Gasteiger partial charge in [-0.05, 0) is 46.5 Å². The molecule has 4 nitrogen and oxygen atoms in total. The summed E-state index contributed by atoms with van der Waals surface area (Å²) in [5, 5.41) is 2.72. The van der Waals surface area contributed by atoms with Crippen molar-refractivity contribution < 1.29 is 14.3 Å². The Hall–Kier alpha value is -1.06. The zero-order valence-corrected chi connectivity index (χ0v) is 11.9. The maximum Gasteiger partial charge on any atom is 0.328 e. The average Bonchev–Trinajstić information content (AvgIpc) is 2.67. The van der Waals surface area contributed by atoms with Crippen LogP contribution >= 0.6 is 0 Å². The van der Waals surface area contributed by atoms with Crippen LogP contribution in [0.25, 0.3) is 0 Å². The molecule has 0 aromatic heterocycles. The van der Waals surface area contributed by atoms with E-state index in [1.807, 2.05) is 20.8 Å². The van der Waals surface area contributed by atoms with Crippen LogP contribution in [-0.2, 0) is 14.3 Å². The quantitative estimate of drug-likeness (QED) is 0.785. The lowest BCUT2D eigenvalue weighted by Crippen LogP contribution is -2.42. The van der Waals surface area contributed by atoms with Crippen LogP contribution < -0.4 is 5.32 Å². The fraction of sp³-hybridized carbons (Fsp3) is 0.857. The van der Waals surface area contributed by atoms with E-state index in [-0.39, 0.29) is 11.9 Å². The van der Waals surface area contributed by atoms with Gasteiger partial charge in [-0.1, -0.05) is 12.8 Å². The number of carbonyl (C=O) groups excluding carboxylic acids is 2. The van der Waals surface area contributed by atoms with E-state index in [9.17, 15) is 9.59 Å².